The molecular formula is C16H16N4O4S. The van der Waals surface area contributed by atoms with Gasteiger partial charge >= 0.3 is 0 Å². The quantitative estimate of drug-likeness (QED) is 0.873. The number of methoxy groups -OCH3 is 1. The number of benzene rings is 1. The molecule has 0 fully saturated rings. The minimum atomic E-state index is -0.467. The van der Waals surface area contributed by atoms with E-state index in [0.717, 1.165) is 4.68 Å². The van der Waals surface area contributed by atoms with Crippen molar-refractivity contribution in [1.29, 1.82) is 0 Å². The molecule has 0 aliphatic carbocycles. The summed E-state index contributed by atoms with van der Waals surface area (Å²) in [6, 6.07) is 6.83. The number of ether oxygens (including phenoxy) is 1. The van der Waals surface area contributed by atoms with E-state index in [0.29, 0.717) is 16.3 Å². The highest BCUT2D eigenvalue weighted by Gasteiger charge is 2.26. The number of hydrogen-bond donors (Lipinski definition) is 1. The first kappa shape index (κ1) is 17.0. The van der Waals surface area contributed by atoms with Gasteiger partial charge in [0.15, 0.2) is 0 Å². The van der Waals surface area contributed by atoms with E-state index in [-0.39, 0.29) is 23.9 Å². The van der Waals surface area contributed by atoms with E-state index in [1.807, 2.05) is 0 Å². The van der Waals surface area contributed by atoms with E-state index in [1.165, 1.54) is 22.9 Å². The summed E-state index contributed by atoms with van der Waals surface area (Å²) in [5.41, 5.74) is 0.374. The van der Waals surface area contributed by atoms with Crippen molar-refractivity contribution in [3.8, 4) is 5.75 Å². The van der Waals surface area contributed by atoms with E-state index >= 15 is 0 Å². The van der Waals surface area contributed by atoms with Crippen LogP contribution < -0.4 is 20.5 Å². The minimum absolute atomic E-state index is 0.157. The Labute approximate surface area is 147 Å². The predicted molar refractivity (Wildman–Crippen MR) is 94.3 cm³/mol. The van der Waals surface area contributed by atoms with E-state index in [1.54, 1.807) is 38.4 Å². The molecule has 0 saturated carbocycles. The third kappa shape index (κ3) is 3.50. The number of anilines is 2. The third-order valence-corrected chi connectivity index (χ3v) is 4.71. The average molecular weight is 360 g/mol. The summed E-state index contributed by atoms with van der Waals surface area (Å²) in [5, 5.41) is 6.71. The number of fused-ring (bicyclic) bond motifs is 1. The van der Waals surface area contributed by atoms with Crippen LogP contribution in [0.1, 0.15) is 0 Å². The van der Waals surface area contributed by atoms with Crippen molar-refractivity contribution in [3.05, 3.63) is 40.8 Å². The summed E-state index contributed by atoms with van der Waals surface area (Å²) in [4.78, 5) is 38.4. The number of hydrogen-bond acceptors (Lipinski definition) is 6. The minimum Gasteiger partial charge on any atom is -0.497 e. The fourth-order valence-electron chi connectivity index (χ4n) is 2.36. The van der Waals surface area contributed by atoms with Crippen LogP contribution in [0.3, 0.4) is 0 Å². The van der Waals surface area contributed by atoms with Crippen LogP contribution in [0.4, 0.5) is 11.4 Å². The van der Waals surface area contributed by atoms with Crippen molar-refractivity contribution in [2.75, 3.05) is 30.1 Å². The molecule has 1 aromatic heterocycles. The number of amides is 2. The molecule has 9 heteroatoms. The molecule has 3 rings (SSSR count). The molecule has 8 nitrogen and oxygen atoms in total. The van der Waals surface area contributed by atoms with Crippen LogP contribution in [-0.2, 0) is 16.1 Å². The van der Waals surface area contributed by atoms with Crippen LogP contribution in [0.5, 0.6) is 5.75 Å². The molecule has 0 saturated heterocycles. The lowest BCUT2D eigenvalue weighted by molar-refractivity contribution is -0.117. The molecule has 1 aromatic carbocycles. The molecule has 2 heterocycles. The van der Waals surface area contributed by atoms with Crippen LogP contribution in [0.25, 0.3) is 0 Å². The lowest BCUT2D eigenvalue weighted by Crippen LogP contribution is -2.40. The van der Waals surface area contributed by atoms with Gasteiger partial charge in [-0.1, -0.05) is 0 Å². The molecule has 0 radical (unpaired) electrons. The maximum atomic E-state index is 12.5. The molecule has 0 atom stereocenters. The van der Waals surface area contributed by atoms with Gasteiger partial charge in [0.05, 0.1) is 24.0 Å². The van der Waals surface area contributed by atoms with Crippen molar-refractivity contribution < 1.29 is 14.3 Å². The second kappa shape index (κ2) is 6.98. The van der Waals surface area contributed by atoms with Crippen LogP contribution in [0.15, 0.2) is 40.2 Å². The second-order valence-electron chi connectivity index (χ2n) is 5.34. The molecule has 1 N–H and O–H groups in total. The van der Waals surface area contributed by atoms with Crippen LogP contribution >= 0.6 is 11.8 Å². The molecule has 130 valence electrons. The first-order chi connectivity index (χ1) is 12.0. The van der Waals surface area contributed by atoms with Gasteiger partial charge in [0.2, 0.25) is 11.8 Å². The van der Waals surface area contributed by atoms with Crippen molar-refractivity contribution in [2.45, 2.75) is 11.4 Å². The Kier molecular flexibility index (Phi) is 4.75. The lowest BCUT2D eigenvalue weighted by atomic mass is 10.3. The summed E-state index contributed by atoms with van der Waals surface area (Å²) >= 11 is 1.27. The molecule has 0 spiro atoms. The summed E-state index contributed by atoms with van der Waals surface area (Å²) in [7, 11) is 3.10. The first-order valence-corrected chi connectivity index (χ1v) is 8.41. The number of carbonyl (C=O) groups is 2. The molecule has 2 aromatic rings. The van der Waals surface area contributed by atoms with Gasteiger partial charge in [0, 0.05) is 12.7 Å². The number of nitrogens with zero attached hydrogens (tertiary/aromatic N) is 3. The topological polar surface area (TPSA) is 93.5 Å². The second-order valence-corrected chi connectivity index (χ2v) is 6.36. The van der Waals surface area contributed by atoms with Crippen molar-refractivity contribution in [1.82, 2.24) is 9.78 Å². The first-order valence-electron chi connectivity index (χ1n) is 7.43. The molecule has 25 heavy (non-hydrogen) atoms. The summed E-state index contributed by atoms with van der Waals surface area (Å²) < 4.78 is 6.10. The largest absolute Gasteiger partial charge is 0.497 e. The van der Waals surface area contributed by atoms with E-state index < -0.39 is 11.5 Å². The van der Waals surface area contributed by atoms with Gasteiger partial charge in [-0.3, -0.25) is 14.4 Å². The average Bonchev–Trinajstić information content (AvgIpc) is 2.61. The molecular weight excluding hydrogens is 344 g/mol. The van der Waals surface area contributed by atoms with Crippen LogP contribution in [-0.4, -0.2) is 41.5 Å². The number of nitrogens with one attached hydrogen (secondary N) is 1. The number of aromatic nitrogens is 2. The molecule has 2 amide bonds. The van der Waals surface area contributed by atoms with Gasteiger partial charge in [0.25, 0.3) is 5.56 Å². The fraction of sp³-hybridized carbons (Fsp3) is 0.250. The summed E-state index contributed by atoms with van der Waals surface area (Å²) in [6.45, 7) is -0.245. The Balaban J connectivity index is 1.77. The fourth-order valence-corrected chi connectivity index (χ4v) is 3.32. The predicted octanol–water partition coefficient (Wildman–Crippen LogP) is 0.959. The van der Waals surface area contributed by atoms with E-state index in [4.69, 9.17) is 4.74 Å². The Hall–Kier alpha value is -2.81. The smallest absolute Gasteiger partial charge is 0.292 e. The van der Waals surface area contributed by atoms with Gasteiger partial charge in [-0.2, -0.15) is 5.10 Å². The SMILES string of the molecule is COc1ccc(NC(=O)Cn2ncc3c(c2=O)N(C)C(=O)CS3)cc1. The zero-order valence-corrected chi connectivity index (χ0v) is 14.5. The number of carbonyl (C=O) groups excluding carboxylic acids is 2. The van der Waals surface area contributed by atoms with Gasteiger partial charge in [0.1, 0.15) is 18.0 Å². The van der Waals surface area contributed by atoms with E-state index in [2.05, 4.69) is 10.4 Å². The van der Waals surface area contributed by atoms with Gasteiger partial charge in [-0.25, -0.2) is 4.68 Å². The number of rotatable bonds is 4. The number of thioether (sulfide) groups is 1. The molecule has 0 bridgehead atoms. The Bertz CT molecular complexity index is 879. The Morgan fingerprint density at radius 3 is 2.72 bits per heavy atom. The maximum Gasteiger partial charge on any atom is 0.292 e. The van der Waals surface area contributed by atoms with Crippen LogP contribution in [0.2, 0.25) is 0 Å². The van der Waals surface area contributed by atoms with Crippen LogP contribution in [0, 0.1) is 0 Å². The highest BCUT2D eigenvalue weighted by molar-refractivity contribution is 8.00. The maximum absolute atomic E-state index is 12.5. The molecule has 0 unspecified atom stereocenters. The van der Waals surface area contributed by atoms with Gasteiger partial charge in [-0.15, -0.1) is 11.8 Å². The highest BCUT2D eigenvalue weighted by Crippen LogP contribution is 2.30. The monoisotopic (exact) mass is 360 g/mol. The highest BCUT2D eigenvalue weighted by atomic mass is 32.2. The van der Waals surface area contributed by atoms with Gasteiger partial charge in [-0.05, 0) is 24.3 Å². The van der Waals surface area contributed by atoms with Gasteiger partial charge < -0.3 is 15.0 Å². The van der Waals surface area contributed by atoms with E-state index in [9.17, 15) is 14.4 Å². The molecule has 1 aliphatic rings. The summed E-state index contributed by atoms with van der Waals surface area (Å²) in [5.74, 6) is 0.398. The van der Waals surface area contributed by atoms with Crippen molar-refractivity contribution in [3.63, 3.8) is 0 Å². The van der Waals surface area contributed by atoms with Crippen molar-refractivity contribution in [2.24, 2.45) is 0 Å². The lowest BCUT2D eigenvalue weighted by Gasteiger charge is -2.24. The normalized spacial score (nSPS) is 13.4. The zero-order valence-electron chi connectivity index (χ0n) is 13.7. The van der Waals surface area contributed by atoms with Crippen molar-refractivity contribution >= 4 is 35.0 Å². The summed E-state index contributed by atoms with van der Waals surface area (Å²) in [6.07, 6.45) is 1.50. The Morgan fingerprint density at radius 1 is 1.32 bits per heavy atom. The standard InChI is InChI=1S/C16H16N4O4S/c1-19-14(22)9-25-12-7-17-20(16(23)15(12)19)8-13(21)18-10-3-5-11(24-2)6-4-10/h3-7H,8-9H2,1-2H3,(H,18,21). The third-order valence-electron chi connectivity index (χ3n) is 3.71. The molecule has 1 aliphatic heterocycles. The zero-order chi connectivity index (χ0) is 18.0. The Morgan fingerprint density at radius 2 is 2.04 bits per heavy atom.